The van der Waals surface area contributed by atoms with Crippen LogP contribution in [0.4, 0.5) is 0 Å². The third-order valence-corrected chi connectivity index (χ3v) is 4.56. The van der Waals surface area contributed by atoms with Gasteiger partial charge in [-0.25, -0.2) is 9.97 Å². The Morgan fingerprint density at radius 3 is 2.71 bits per heavy atom. The van der Waals surface area contributed by atoms with E-state index in [2.05, 4.69) is 39.2 Å². The first-order chi connectivity index (χ1) is 11.7. The predicted octanol–water partition coefficient (Wildman–Crippen LogP) is 5.32. The van der Waals surface area contributed by atoms with Crippen molar-refractivity contribution < 1.29 is 0 Å². The highest BCUT2D eigenvalue weighted by Crippen LogP contribution is 2.35. The topological polar surface area (TPSA) is 38.7 Å². The van der Waals surface area contributed by atoms with Gasteiger partial charge in [0.25, 0.3) is 0 Å². The molecule has 4 aromatic rings. The number of aromatic nitrogens is 3. The van der Waals surface area contributed by atoms with E-state index in [0.717, 1.165) is 43.9 Å². The molecule has 0 aliphatic carbocycles. The van der Waals surface area contributed by atoms with E-state index in [9.17, 15) is 0 Å². The monoisotopic (exact) mass is 331 g/mol. The Labute approximate surface area is 145 Å². The molecule has 0 saturated heterocycles. The minimum absolute atomic E-state index is 0.746. The first-order valence-corrected chi connectivity index (χ1v) is 8.02. The second-order valence-corrected chi connectivity index (χ2v) is 6.02. The molecule has 2 aromatic heterocycles. The van der Waals surface area contributed by atoms with E-state index in [-0.39, 0.29) is 0 Å². The van der Waals surface area contributed by atoms with Gasteiger partial charge in [0.05, 0.1) is 11.2 Å². The molecule has 0 bridgehead atoms. The lowest BCUT2D eigenvalue weighted by molar-refractivity contribution is 1.22. The van der Waals surface area contributed by atoms with Crippen molar-refractivity contribution in [2.45, 2.75) is 6.92 Å². The molecular weight excluding hydrogens is 318 g/mol. The standard InChI is InChI=1S/C20H14ClN3/c1-13-16(4-2-6-18(13)21)20-17(5-3-9-23-20)14-7-8-19-15(10-14)11-22-12-24-19/h2-12H,1H3. The van der Waals surface area contributed by atoms with Gasteiger partial charge in [0.15, 0.2) is 0 Å². The lowest BCUT2D eigenvalue weighted by atomic mass is 9.96. The first-order valence-electron chi connectivity index (χ1n) is 7.65. The van der Waals surface area contributed by atoms with Gasteiger partial charge in [-0.05, 0) is 42.3 Å². The van der Waals surface area contributed by atoms with E-state index in [1.54, 1.807) is 6.33 Å². The smallest absolute Gasteiger partial charge is 0.116 e. The van der Waals surface area contributed by atoms with Crippen LogP contribution in [0.5, 0.6) is 0 Å². The molecule has 0 radical (unpaired) electrons. The molecule has 0 aliphatic heterocycles. The van der Waals surface area contributed by atoms with Crippen LogP contribution in [0.2, 0.25) is 5.02 Å². The summed E-state index contributed by atoms with van der Waals surface area (Å²) < 4.78 is 0. The summed E-state index contributed by atoms with van der Waals surface area (Å²) in [6, 6.07) is 16.1. The Morgan fingerprint density at radius 2 is 1.79 bits per heavy atom. The summed E-state index contributed by atoms with van der Waals surface area (Å²) >= 11 is 6.30. The molecule has 0 atom stereocenters. The molecular formula is C20H14ClN3. The summed E-state index contributed by atoms with van der Waals surface area (Å²) in [6.45, 7) is 2.02. The van der Waals surface area contributed by atoms with E-state index in [1.165, 1.54) is 0 Å². The number of hydrogen-bond donors (Lipinski definition) is 0. The predicted molar refractivity (Wildman–Crippen MR) is 98.0 cm³/mol. The number of pyridine rings is 1. The fourth-order valence-corrected chi connectivity index (χ4v) is 3.04. The molecule has 24 heavy (non-hydrogen) atoms. The molecule has 4 heteroatoms. The molecule has 0 amide bonds. The van der Waals surface area contributed by atoms with Crippen molar-refractivity contribution in [3.8, 4) is 22.4 Å². The van der Waals surface area contributed by atoms with Crippen molar-refractivity contribution in [2.24, 2.45) is 0 Å². The molecule has 3 nitrogen and oxygen atoms in total. The number of benzene rings is 2. The molecule has 0 N–H and O–H groups in total. The van der Waals surface area contributed by atoms with Gasteiger partial charge < -0.3 is 0 Å². The molecule has 0 unspecified atom stereocenters. The maximum atomic E-state index is 6.30. The minimum atomic E-state index is 0.746. The second-order valence-electron chi connectivity index (χ2n) is 5.61. The molecule has 0 aliphatic rings. The highest BCUT2D eigenvalue weighted by molar-refractivity contribution is 6.31. The van der Waals surface area contributed by atoms with Gasteiger partial charge in [0.2, 0.25) is 0 Å². The lowest BCUT2D eigenvalue weighted by Gasteiger charge is -2.12. The van der Waals surface area contributed by atoms with Crippen molar-refractivity contribution >= 4 is 22.5 Å². The summed E-state index contributed by atoms with van der Waals surface area (Å²) in [4.78, 5) is 13.0. The Morgan fingerprint density at radius 1 is 0.917 bits per heavy atom. The van der Waals surface area contributed by atoms with E-state index >= 15 is 0 Å². The van der Waals surface area contributed by atoms with Crippen molar-refractivity contribution in [1.82, 2.24) is 15.0 Å². The normalized spacial score (nSPS) is 10.9. The van der Waals surface area contributed by atoms with Crippen LogP contribution in [-0.4, -0.2) is 15.0 Å². The van der Waals surface area contributed by atoms with E-state index in [4.69, 9.17) is 11.6 Å². The number of nitrogens with zero attached hydrogens (tertiary/aromatic N) is 3. The second kappa shape index (κ2) is 6.02. The van der Waals surface area contributed by atoms with Crippen LogP contribution < -0.4 is 0 Å². The van der Waals surface area contributed by atoms with Gasteiger partial charge in [-0.15, -0.1) is 0 Å². The highest BCUT2D eigenvalue weighted by Gasteiger charge is 2.12. The van der Waals surface area contributed by atoms with Crippen molar-refractivity contribution in [2.75, 3.05) is 0 Å². The van der Waals surface area contributed by atoms with Crippen molar-refractivity contribution in [1.29, 1.82) is 0 Å². The molecule has 2 aromatic carbocycles. The van der Waals surface area contributed by atoms with Gasteiger partial charge >= 0.3 is 0 Å². The molecule has 0 spiro atoms. The highest BCUT2D eigenvalue weighted by atomic mass is 35.5. The number of rotatable bonds is 2. The third kappa shape index (κ3) is 2.53. The maximum Gasteiger partial charge on any atom is 0.116 e. The third-order valence-electron chi connectivity index (χ3n) is 4.15. The minimum Gasteiger partial charge on any atom is -0.256 e. The lowest BCUT2D eigenvalue weighted by Crippen LogP contribution is -1.92. The van der Waals surface area contributed by atoms with Crippen LogP contribution in [-0.2, 0) is 0 Å². The van der Waals surface area contributed by atoms with Gasteiger partial charge in [-0.1, -0.05) is 35.9 Å². The fraction of sp³-hybridized carbons (Fsp3) is 0.0500. The van der Waals surface area contributed by atoms with Gasteiger partial charge in [-0.3, -0.25) is 4.98 Å². The molecule has 4 rings (SSSR count). The van der Waals surface area contributed by atoms with Crippen LogP contribution in [0.25, 0.3) is 33.3 Å². The van der Waals surface area contributed by atoms with Gasteiger partial charge in [-0.2, -0.15) is 0 Å². The zero-order valence-corrected chi connectivity index (χ0v) is 13.8. The summed E-state index contributed by atoms with van der Waals surface area (Å²) in [5.41, 5.74) is 6.07. The summed E-state index contributed by atoms with van der Waals surface area (Å²) in [5.74, 6) is 0. The Hall–Kier alpha value is -2.78. The van der Waals surface area contributed by atoms with Crippen LogP contribution in [0, 0.1) is 6.92 Å². The Bertz CT molecular complexity index is 1040. The van der Waals surface area contributed by atoms with Crippen LogP contribution in [0.15, 0.2) is 67.3 Å². The molecule has 0 saturated carbocycles. The van der Waals surface area contributed by atoms with Crippen molar-refractivity contribution in [3.05, 3.63) is 77.8 Å². The Balaban J connectivity index is 1.94. The Kier molecular flexibility index (Phi) is 3.71. The van der Waals surface area contributed by atoms with Crippen LogP contribution >= 0.6 is 11.6 Å². The zero-order valence-electron chi connectivity index (χ0n) is 13.1. The summed E-state index contributed by atoms with van der Waals surface area (Å²) in [7, 11) is 0. The number of fused-ring (bicyclic) bond motifs is 1. The molecule has 0 fully saturated rings. The number of halogens is 1. The summed E-state index contributed by atoms with van der Waals surface area (Å²) in [6.07, 6.45) is 5.20. The summed E-state index contributed by atoms with van der Waals surface area (Å²) in [5, 5.41) is 1.75. The SMILES string of the molecule is Cc1c(Cl)cccc1-c1ncccc1-c1ccc2ncncc2c1. The van der Waals surface area contributed by atoms with E-state index < -0.39 is 0 Å². The van der Waals surface area contributed by atoms with Crippen LogP contribution in [0.3, 0.4) is 0 Å². The van der Waals surface area contributed by atoms with Crippen molar-refractivity contribution in [3.63, 3.8) is 0 Å². The average Bonchev–Trinajstić information content (AvgIpc) is 2.64. The average molecular weight is 332 g/mol. The van der Waals surface area contributed by atoms with Gasteiger partial charge in [0, 0.05) is 33.9 Å². The maximum absolute atomic E-state index is 6.30. The fourth-order valence-electron chi connectivity index (χ4n) is 2.87. The van der Waals surface area contributed by atoms with Crippen LogP contribution in [0.1, 0.15) is 5.56 Å². The first kappa shape index (κ1) is 14.8. The zero-order chi connectivity index (χ0) is 16.5. The molecule has 2 heterocycles. The van der Waals surface area contributed by atoms with Gasteiger partial charge in [0.1, 0.15) is 6.33 Å². The van der Waals surface area contributed by atoms with E-state index in [0.29, 0.717) is 0 Å². The molecule has 116 valence electrons. The largest absolute Gasteiger partial charge is 0.256 e. The quantitative estimate of drug-likeness (QED) is 0.499. The van der Waals surface area contributed by atoms with E-state index in [1.807, 2.05) is 43.6 Å². The number of hydrogen-bond acceptors (Lipinski definition) is 3.